The summed E-state index contributed by atoms with van der Waals surface area (Å²) in [6, 6.07) is 7.52. The molecule has 2 aliphatic rings. The third-order valence-electron chi connectivity index (χ3n) is 5.12. The maximum Gasteiger partial charge on any atom is 0.343 e. The largest absolute Gasteiger partial charge is 0.482 e. The molecule has 0 saturated carbocycles. The number of piperazine rings is 1. The van der Waals surface area contributed by atoms with Crippen molar-refractivity contribution in [3.63, 3.8) is 0 Å². The number of hydrogen-bond acceptors (Lipinski definition) is 6. The topological polar surface area (TPSA) is 83.1 Å². The molecule has 2 saturated heterocycles. The summed E-state index contributed by atoms with van der Waals surface area (Å²) in [6.07, 6.45) is 2.38. The molecule has 148 valence electrons. The van der Waals surface area contributed by atoms with Gasteiger partial charge in [-0.1, -0.05) is 0 Å². The van der Waals surface area contributed by atoms with Crippen molar-refractivity contribution in [3.8, 4) is 5.75 Å². The van der Waals surface area contributed by atoms with Crippen LogP contribution in [-0.4, -0.2) is 80.8 Å². The van der Waals surface area contributed by atoms with Crippen molar-refractivity contribution in [1.82, 2.24) is 15.1 Å². The van der Waals surface area contributed by atoms with Crippen molar-refractivity contribution in [3.05, 3.63) is 24.3 Å². The number of carbonyl (C=O) groups is 2. The molecule has 2 amide bonds. The average Bonchev–Trinajstić information content (AvgIpc) is 2.73. The quantitative estimate of drug-likeness (QED) is 0.750. The Bertz CT molecular complexity index is 623. The first-order valence-corrected chi connectivity index (χ1v) is 9.46. The fourth-order valence-corrected chi connectivity index (χ4v) is 3.50. The van der Waals surface area contributed by atoms with Gasteiger partial charge in [-0.3, -0.25) is 4.90 Å². The predicted molar refractivity (Wildman–Crippen MR) is 102 cm³/mol. The minimum Gasteiger partial charge on any atom is -0.482 e. The number of nitrogens with one attached hydrogen (secondary N) is 2. The maximum atomic E-state index is 12.5. The molecule has 2 N–H and O–H groups in total. The summed E-state index contributed by atoms with van der Waals surface area (Å²) >= 11 is 0. The first-order valence-electron chi connectivity index (χ1n) is 9.46. The Morgan fingerprint density at radius 1 is 1.11 bits per heavy atom. The summed E-state index contributed by atoms with van der Waals surface area (Å²) in [7, 11) is 1.32. The molecule has 0 radical (unpaired) electrons. The van der Waals surface area contributed by atoms with Crippen LogP contribution in [0.5, 0.6) is 5.75 Å². The highest BCUT2D eigenvalue weighted by atomic mass is 16.6. The van der Waals surface area contributed by atoms with Gasteiger partial charge in [-0.05, 0) is 50.2 Å². The SMILES string of the molecule is COC(=O)COc1ccc(NC(=O)N2CCN(C3CCNCC3)CC2)cc1. The van der Waals surface area contributed by atoms with Gasteiger partial charge in [-0.2, -0.15) is 0 Å². The monoisotopic (exact) mass is 376 g/mol. The van der Waals surface area contributed by atoms with Gasteiger partial charge in [-0.15, -0.1) is 0 Å². The first kappa shape index (κ1) is 19.4. The maximum absolute atomic E-state index is 12.5. The van der Waals surface area contributed by atoms with E-state index in [0.29, 0.717) is 17.5 Å². The van der Waals surface area contributed by atoms with Crippen molar-refractivity contribution < 1.29 is 19.1 Å². The van der Waals surface area contributed by atoms with Gasteiger partial charge < -0.3 is 25.0 Å². The molecular formula is C19H28N4O4. The lowest BCUT2D eigenvalue weighted by Crippen LogP contribution is -2.54. The smallest absolute Gasteiger partial charge is 0.343 e. The minimum absolute atomic E-state index is 0.0804. The van der Waals surface area contributed by atoms with Gasteiger partial charge in [0.15, 0.2) is 6.61 Å². The third-order valence-corrected chi connectivity index (χ3v) is 5.12. The highest BCUT2D eigenvalue weighted by Crippen LogP contribution is 2.18. The molecular weight excluding hydrogens is 348 g/mol. The molecule has 3 rings (SSSR count). The van der Waals surface area contributed by atoms with E-state index in [9.17, 15) is 9.59 Å². The Balaban J connectivity index is 1.43. The van der Waals surface area contributed by atoms with Gasteiger partial charge in [0.05, 0.1) is 7.11 Å². The normalized spacial score (nSPS) is 18.8. The van der Waals surface area contributed by atoms with Gasteiger partial charge >= 0.3 is 12.0 Å². The molecule has 2 aliphatic heterocycles. The molecule has 1 aromatic rings. The number of piperidine rings is 1. The molecule has 2 fully saturated rings. The summed E-state index contributed by atoms with van der Waals surface area (Å²) in [4.78, 5) is 27.9. The fourth-order valence-electron chi connectivity index (χ4n) is 3.50. The zero-order valence-corrected chi connectivity index (χ0v) is 15.8. The Labute approximate surface area is 159 Å². The number of ether oxygens (including phenoxy) is 2. The molecule has 8 heteroatoms. The second kappa shape index (κ2) is 9.57. The van der Waals surface area contributed by atoms with Gasteiger partial charge in [0, 0.05) is 37.9 Å². The molecule has 2 heterocycles. The van der Waals surface area contributed by atoms with E-state index in [1.807, 2.05) is 4.90 Å². The number of urea groups is 1. The van der Waals surface area contributed by atoms with E-state index >= 15 is 0 Å². The van der Waals surface area contributed by atoms with E-state index in [1.54, 1.807) is 24.3 Å². The van der Waals surface area contributed by atoms with Crippen molar-refractivity contribution in [2.75, 3.05) is 58.3 Å². The molecule has 0 spiro atoms. The standard InChI is InChI=1S/C19H28N4O4/c1-26-18(24)14-27-17-4-2-15(3-5-17)21-19(25)23-12-10-22(11-13-23)16-6-8-20-9-7-16/h2-5,16,20H,6-14H2,1H3,(H,21,25). The van der Waals surface area contributed by atoms with E-state index < -0.39 is 5.97 Å². The number of benzene rings is 1. The van der Waals surface area contributed by atoms with Gasteiger partial charge in [-0.25, -0.2) is 9.59 Å². The molecule has 0 aromatic heterocycles. The van der Waals surface area contributed by atoms with Crippen LogP contribution in [0.2, 0.25) is 0 Å². The van der Waals surface area contributed by atoms with Crippen molar-refractivity contribution in [1.29, 1.82) is 0 Å². The number of anilines is 1. The number of amides is 2. The van der Waals surface area contributed by atoms with Gasteiger partial charge in [0.1, 0.15) is 5.75 Å². The zero-order chi connectivity index (χ0) is 19.1. The highest BCUT2D eigenvalue weighted by molar-refractivity contribution is 5.89. The van der Waals surface area contributed by atoms with Crippen LogP contribution in [0.3, 0.4) is 0 Å². The number of carbonyl (C=O) groups excluding carboxylic acids is 2. The summed E-state index contributed by atoms with van der Waals surface area (Å²) in [5.74, 6) is 0.116. The molecule has 27 heavy (non-hydrogen) atoms. The van der Waals surface area contributed by atoms with E-state index in [0.717, 1.165) is 39.3 Å². The first-order chi connectivity index (χ1) is 13.2. The number of esters is 1. The fraction of sp³-hybridized carbons (Fsp3) is 0.579. The lowest BCUT2D eigenvalue weighted by Gasteiger charge is -2.40. The van der Waals surface area contributed by atoms with E-state index in [4.69, 9.17) is 4.74 Å². The highest BCUT2D eigenvalue weighted by Gasteiger charge is 2.26. The van der Waals surface area contributed by atoms with Crippen molar-refractivity contribution in [2.45, 2.75) is 18.9 Å². The molecule has 0 bridgehead atoms. The van der Waals surface area contributed by atoms with Gasteiger partial charge in [0.25, 0.3) is 0 Å². The summed E-state index contributed by atoms with van der Waals surface area (Å²) in [5, 5.41) is 6.32. The number of methoxy groups -OCH3 is 1. The zero-order valence-electron chi connectivity index (χ0n) is 15.8. The van der Waals surface area contributed by atoms with Crippen LogP contribution in [0.25, 0.3) is 0 Å². The molecule has 0 unspecified atom stereocenters. The van der Waals surface area contributed by atoms with Gasteiger partial charge in [0.2, 0.25) is 0 Å². The van der Waals surface area contributed by atoms with Crippen LogP contribution in [0, 0.1) is 0 Å². The predicted octanol–water partition coefficient (Wildman–Crippen LogP) is 1.14. The number of rotatable bonds is 5. The van der Waals surface area contributed by atoms with Crippen LogP contribution in [0.1, 0.15) is 12.8 Å². The van der Waals surface area contributed by atoms with Crippen LogP contribution >= 0.6 is 0 Å². The summed E-state index contributed by atoms with van der Waals surface area (Å²) in [5.41, 5.74) is 0.700. The van der Waals surface area contributed by atoms with E-state index in [-0.39, 0.29) is 12.6 Å². The molecule has 1 aromatic carbocycles. The minimum atomic E-state index is -0.434. The Morgan fingerprint density at radius 2 is 1.78 bits per heavy atom. The van der Waals surface area contributed by atoms with Crippen LogP contribution in [0.15, 0.2) is 24.3 Å². The van der Waals surface area contributed by atoms with E-state index in [2.05, 4.69) is 20.3 Å². The lowest BCUT2D eigenvalue weighted by atomic mass is 10.0. The second-order valence-electron chi connectivity index (χ2n) is 6.82. The Kier molecular flexibility index (Phi) is 6.89. The third kappa shape index (κ3) is 5.58. The van der Waals surface area contributed by atoms with E-state index in [1.165, 1.54) is 20.0 Å². The summed E-state index contributed by atoms with van der Waals surface area (Å²) in [6.45, 7) is 5.39. The Hall–Kier alpha value is -2.32. The summed E-state index contributed by atoms with van der Waals surface area (Å²) < 4.78 is 9.83. The van der Waals surface area contributed by atoms with Crippen LogP contribution < -0.4 is 15.4 Å². The number of nitrogens with zero attached hydrogens (tertiary/aromatic N) is 2. The molecule has 0 aliphatic carbocycles. The lowest BCUT2D eigenvalue weighted by molar-refractivity contribution is -0.142. The number of hydrogen-bond donors (Lipinski definition) is 2. The van der Waals surface area contributed by atoms with Crippen LogP contribution in [-0.2, 0) is 9.53 Å². The van der Waals surface area contributed by atoms with Crippen LogP contribution in [0.4, 0.5) is 10.5 Å². The average molecular weight is 376 g/mol. The van der Waals surface area contributed by atoms with Crippen molar-refractivity contribution in [2.24, 2.45) is 0 Å². The molecule has 8 nitrogen and oxygen atoms in total. The van der Waals surface area contributed by atoms with Crippen molar-refractivity contribution >= 4 is 17.7 Å². The molecule has 0 atom stereocenters. The second-order valence-corrected chi connectivity index (χ2v) is 6.82. The Morgan fingerprint density at radius 3 is 2.41 bits per heavy atom.